The first-order chi connectivity index (χ1) is 21.3. The van der Waals surface area contributed by atoms with Gasteiger partial charge in [-0.25, -0.2) is 9.59 Å². The third kappa shape index (κ3) is 8.62. The Hall–Kier alpha value is -4.86. The monoisotopic (exact) mass is 614 g/mol. The number of rotatable bonds is 8. The number of ether oxygens (including phenoxy) is 2. The van der Waals surface area contributed by atoms with Crippen molar-refractivity contribution >= 4 is 29.7 Å². The summed E-state index contributed by atoms with van der Waals surface area (Å²) < 4.78 is 10.0. The Morgan fingerprint density at radius 2 is 1.56 bits per heavy atom. The highest BCUT2D eigenvalue weighted by Gasteiger charge is 2.37. The van der Waals surface area contributed by atoms with Crippen molar-refractivity contribution in [2.45, 2.75) is 77.7 Å². The van der Waals surface area contributed by atoms with E-state index in [1.54, 1.807) is 39.5 Å². The molecule has 0 spiro atoms. The zero-order chi connectivity index (χ0) is 32.8. The van der Waals surface area contributed by atoms with Crippen LogP contribution in [-0.4, -0.2) is 48.3 Å². The van der Waals surface area contributed by atoms with Crippen molar-refractivity contribution in [3.63, 3.8) is 0 Å². The van der Waals surface area contributed by atoms with E-state index in [0.717, 1.165) is 33.5 Å². The summed E-state index contributed by atoms with van der Waals surface area (Å²) in [7, 11) is 1.33. The Balaban J connectivity index is 1.53. The van der Waals surface area contributed by atoms with Crippen LogP contribution in [0.15, 0.2) is 72.8 Å². The Morgan fingerprint density at radius 1 is 0.889 bits per heavy atom. The van der Waals surface area contributed by atoms with Crippen LogP contribution in [0.2, 0.25) is 0 Å². The van der Waals surface area contributed by atoms with Gasteiger partial charge in [0.2, 0.25) is 11.8 Å². The number of carbonyl (C=O) groups excluding carboxylic acids is 4. The highest BCUT2D eigenvalue weighted by atomic mass is 16.6. The lowest BCUT2D eigenvalue weighted by atomic mass is 9.98. The van der Waals surface area contributed by atoms with Gasteiger partial charge in [0.15, 0.2) is 0 Å². The summed E-state index contributed by atoms with van der Waals surface area (Å²) in [5.74, 6) is -0.716. The summed E-state index contributed by atoms with van der Waals surface area (Å²) in [5.41, 5.74) is 3.57. The molecule has 4 rings (SSSR count). The standard InChI is InChI=1S/C35H42N4O6/c1-34(2,3)45-33(43)38-35(4,5)31(41)37-28-20-19-25-11-8-10-14-29(25)39(30(28)40)22-23-15-17-24(18-16-23)27-13-9-7-12-26(27)21-36-32(42)44-6/h7-18,28H,19-22H2,1-6H3,(H,36,42)(H,37,41)(H,38,43)/t28-/m1/s1. The second kappa shape index (κ2) is 13.8. The van der Waals surface area contributed by atoms with E-state index in [-0.39, 0.29) is 5.91 Å². The summed E-state index contributed by atoms with van der Waals surface area (Å²) in [6.07, 6.45) is -0.205. The van der Waals surface area contributed by atoms with Crippen molar-refractivity contribution in [1.82, 2.24) is 16.0 Å². The predicted octanol–water partition coefficient (Wildman–Crippen LogP) is 5.48. The molecule has 0 radical (unpaired) electrons. The molecule has 238 valence electrons. The maximum atomic E-state index is 14.0. The molecule has 3 N–H and O–H groups in total. The number of nitrogens with zero attached hydrogens (tertiary/aromatic N) is 1. The van der Waals surface area contributed by atoms with Crippen molar-refractivity contribution in [1.29, 1.82) is 0 Å². The second-order valence-electron chi connectivity index (χ2n) is 12.6. The highest BCUT2D eigenvalue weighted by molar-refractivity contribution is 6.01. The number of carbonyl (C=O) groups is 4. The SMILES string of the molecule is COC(=O)NCc1ccccc1-c1ccc(CN2C(=O)[C@H](NC(=O)C(C)(C)NC(=O)OC(C)(C)C)CCc3ccccc32)cc1. The highest BCUT2D eigenvalue weighted by Crippen LogP contribution is 2.30. The number of hydrogen-bond donors (Lipinski definition) is 3. The van der Waals surface area contributed by atoms with Crippen molar-refractivity contribution in [2.75, 3.05) is 12.0 Å². The topological polar surface area (TPSA) is 126 Å². The number of anilines is 1. The van der Waals surface area contributed by atoms with Crippen LogP contribution < -0.4 is 20.9 Å². The van der Waals surface area contributed by atoms with Gasteiger partial charge in [-0.15, -0.1) is 0 Å². The van der Waals surface area contributed by atoms with Crippen molar-refractivity contribution in [3.8, 4) is 11.1 Å². The minimum atomic E-state index is -1.31. The predicted molar refractivity (Wildman–Crippen MR) is 172 cm³/mol. The van der Waals surface area contributed by atoms with Gasteiger partial charge in [0, 0.05) is 12.2 Å². The quantitative estimate of drug-likeness (QED) is 0.309. The Bertz CT molecular complexity index is 1540. The molecule has 1 atom stereocenters. The average molecular weight is 615 g/mol. The van der Waals surface area contributed by atoms with Crippen molar-refractivity contribution < 1.29 is 28.7 Å². The van der Waals surface area contributed by atoms with E-state index in [4.69, 9.17) is 9.47 Å². The van der Waals surface area contributed by atoms with Crippen LogP contribution in [0.1, 0.15) is 57.7 Å². The van der Waals surface area contributed by atoms with Crippen LogP contribution in [0, 0.1) is 0 Å². The number of amides is 4. The largest absolute Gasteiger partial charge is 0.453 e. The molecule has 3 aromatic carbocycles. The minimum absolute atomic E-state index is 0.232. The summed E-state index contributed by atoms with van der Waals surface area (Å²) in [4.78, 5) is 53.1. The lowest BCUT2D eigenvalue weighted by molar-refractivity contribution is -0.131. The summed E-state index contributed by atoms with van der Waals surface area (Å²) >= 11 is 0. The molecule has 0 saturated carbocycles. The summed E-state index contributed by atoms with van der Waals surface area (Å²) in [6, 6.07) is 22.7. The zero-order valence-electron chi connectivity index (χ0n) is 26.7. The summed E-state index contributed by atoms with van der Waals surface area (Å²) in [6.45, 7) is 9.00. The fourth-order valence-corrected chi connectivity index (χ4v) is 5.13. The van der Waals surface area contributed by atoms with Gasteiger partial charge in [-0.05, 0) is 81.3 Å². The minimum Gasteiger partial charge on any atom is -0.453 e. The van der Waals surface area contributed by atoms with E-state index in [1.165, 1.54) is 7.11 Å². The molecule has 1 heterocycles. The molecule has 45 heavy (non-hydrogen) atoms. The number of para-hydroxylation sites is 1. The first-order valence-corrected chi connectivity index (χ1v) is 15.0. The molecule has 0 bridgehead atoms. The molecule has 4 amide bonds. The van der Waals surface area contributed by atoms with Gasteiger partial charge in [0.05, 0.1) is 13.7 Å². The zero-order valence-corrected chi connectivity index (χ0v) is 26.7. The van der Waals surface area contributed by atoms with Gasteiger partial charge < -0.3 is 30.3 Å². The van der Waals surface area contributed by atoms with E-state index in [2.05, 4.69) is 16.0 Å². The molecule has 0 saturated heterocycles. The van der Waals surface area contributed by atoms with Gasteiger partial charge in [-0.3, -0.25) is 9.59 Å². The fraction of sp³-hybridized carbons (Fsp3) is 0.371. The molecule has 3 aromatic rings. The third-order valence-electron chi connectivity index (χ3n) is 7.47. The lowest BCUT2D eigenvalue weighted by Gasteiger charge is -2.31. The number of hydrogen-bond acceptors (Lipinski definition) is 6. The van der Waals surface area contributed by atoms with Gasteiger partial charge in [-0.2, -0.15) is 0 Å². The number of fused-ring (bicyclic) bond motifs is 1. The first-order valence-electron chi connectivity index (χ1n) is 15.0. The molecule has 10 nitrogen and oxygen atoms in total. The fourth-order valence-electron chi connectivity index (χ4n) is 5.13. The molecular formula is C35H42N4O6. The van der Waals surface area contributed by atoms with Crippen LogP contribution in [0.3, 0.4) is 0 Å². The van der Waals surface area contributed by atoms with E-state index in [9.17, 15) is 19.2 Å². The molecule has 1 aliphatic heterocycles. The Labute approximate surface area is 264 Å². The Kier molecular flexibility index (Phi) is 10.2. The van der Waals surface area contributed by atoms with Gasteiger partial charge in [0.25, 0.3) is 0 Å². The maximum Gasteiger partial charge on any atom is 0.408 e. The molecule has 0 aliphatic carbocycles. The van der Waals surface area contributed by atoms with Crippen LogP contribution in [0.4, 0.5) is 15.3 Å². The van der Waals surface area contributed by atoms with E-state index < -0.39 is 35.3 Å². The van der Waals surface area contributed by atoms with Crippen LogP contribution in [0.25, 0.3) is 11.1 Å². The molecule has 10 heteroatoms. The Morgan fingerprint density at radius 3 is 2.24 bits per heavy atom. The maximum absolute atomic E-state index is 14.0. The van der Waals surface area contributed by atoms with Crippen LogP contribution >= 0.6 is 0 Å². The van der Waals surface area contributed by atoms with Crippen molar-refractivity contribution in [3.05, 3.63) is 89.5 Å². The number of methoxy groups -OCH3 is 1. The van der Waals surface area contributed by atoms with Crippen LogP contribution in [0.5, 0.6) is 0 Å². The summed E-state index contributed by atoms with van der Waals surface area (Å²) in [5, 5.41) is 8.23. The number of alkyl carbamates (subject to hydrolysis) is 2. The molecular weight excluding hydrogens is 572 g/mol. The van der Waals surface area contributed by atoms with E-state index in [1.807, 2.05) is 72.8 Å². The molecule has 0 unspecified atom stereocenters. The third-order valence-corrected chi connectivity index (χ3v) is 7.47. The van der Waals surface area contributed by atoms with Crippen LogP contribution in [-0.2, 0) is 38.6 Å². The number of benzene rings is 3. The molecule has 0 fully saturated rings. The second-order valence-corrected chi connectivity index (χ2v) is 12.6. The smallest absolute Gasteiger partial charge is 0.408 e. The van der Waals surface area contributed by atoms with Gasteiger partial charge in [-0.1, -0.05) is 66.7 Å². The van der Waals surface area contributed by atoms with E-state index in [0.29, 0.717) is 25.9 Å². The number of nitrogens with one attached hydrogen (secondary N) is 3. The normalized spacial score (nSPS) is 14.9. The first kappa shape index (κ1) is 33.0. The molecule has 1 aliphatic rings. The molecule has 0 aromatic heterocycles. The number of aryl methyl sites for hydroxylation is 1. The van der Waals surface area contributed by atoms with E-state index >= 15 is 0 Å². The van der Waals surface area contributed by atoms with Gasteiger partial charge in [0.1, 0.15) is 17.2 Å². The lowest BCUT2D eigenvalue weighted by Crippen LogP contribution is -2.59. The van der Waals surface area contributed by atoms with Gasteiger partial charge >= 0.3 is 12.2 Å². The average Bonchev–Trinajstić information content (AvgIpc) is 3.11. The van der Waals surface area contributed by atoms with Crippen molar-refractivity contribution in [2.24, 2.45) is 0 Å².